The maximum Gasteiger partial charge on any atom is 0.321 e. The Bertz CT molecular complexity index is 823. The van der Waals surface area contributed by atoms with E-state index in [1.165, 1.54) is 11.8 Å². The van der Waals surface area contributed by atoms with Gasteiger partial charge in [-0.25, -0.2) is 4.79 Å². The van der Waals surface area contributed by atoms with Gasteiger partial charge in [-0.15, -0.1) is 10.2 Å². The van der Waals surface area contributed by atoms with E-state index in [4.69, 9.17) is 4.74 Å². The highest BCUT2D eigenvalue weighted by molar-refractivity contribution is 8.00. The fourth-order valence-corrected chi connectivity index (χ4v) is 4.13. The van der Waals surface area contributed by atoms with Crippen molar-refractivity contribution in [2.24, 2.45) is 0 Å². The predicted octanol–water partition coefficient (Wildman–Crippen LogP) is 1.81. The first-order valence-corrected chi connectivity index (χ1v) is 10.6. The van der Waals surface area contributed by atoms with Crippen molar-refractivity contribution in [2.75, 3.05) is 37.7 Å². The van der Waals surface area contributed by atoms with Gasteiger partial charge in [0.05, 0.1) is 13.2 Å². The monoisotopic (exact) mass is 418 g/mol. The number of carbonyl (C=O) groups excluding carboxylic acids is 2. The quantitative estimate of drug-likeness (QED) is 0.661. The Morgan fingerprint density at radius 3 is 2.55 bits per heavy atom. The third kappa shape index (κ3) is 5.27. The number of urea groups is 1. The van der Waals surface area contributed by atoms with E-state index in [1.807, 2.05) is 41.8 Å². The van der Waals surface area contributed by atoms with Crippen LogP contribution in [-0.2, 0) is 16.1 Å². The number of anilines is 1. The number of morpholine rings is 1. The van der Waals surface area contributed by atoms with E-state index in [9.17, 15) is 9.59 Å². The molecule has 2 heterocycles. The maximum atomic E-state index is 12.9. The van der Waals surface area contributed by atoms with E-state index in [0.29, 0.717) is 31.5 Å². The summed E-state index contributed by atoms with van der Waals surface area (Å²) in [5, 5.41) is 13.7. The number of carbonyl (C=O) groups is 2. The lowest BCUT2D eigenvalue weighted by Crippen LogP contribution is -2.41. The lowest BCUT2D eigenvalue weighted by atomic mass is 10.1. The topological polar surface area (TPSA) is 101 Å². The number of hydrogen-bond donors (Lipinski definition) is 2. The second-order valence-electron chi connectivity index (χ2n) is 6.38. The summed E-state index contributed by atoms with van der Waals surface area (Å²) < 4.78 is 7.41. The van der Waals surface area contributed by atoms with Crippen LogP contribution in [0, 0.1) is 0 Å². The van der Waals surface area contributed by atoms with Crippen molar-refractivity contribution >= 4 is 29.6 Å². The van der Waals surface area contributed by atoms with Crippen molar-refractivity contribution in [1.29, 1.82) is 0 Å². The van der Waals surface area contributed by atoms with Crippen molar-refractivity contribution in [1.82, 2.24) is 25.4 Å². The van der Waals surface area contributed by atoms with Crippen LogP contribution in [0.15, 0.2) is 35.5 Å². The number of thioether (sulfide) groups is 1. The number of nitrogens with one attached hydrogen (secondary N) is 2. The molecule has 2 aromatic rings. The molecule has 1 aliphatic heterocycles. The fraction of sp³-hybridized carbons (Fsp3) is 0.474. The van der Waals surface area contributed by atoms with E-state index >= 15 is 0 Å². The molecule has 3 rings (SSSR count). The number of aromatic nitrogens is 3. The molecule has 29 heavy (non-hydrogen) atoms. The van der Waals surface area contributed by atoms with Gasteiger partial charge in [0.2, 0.25) is 11.9 Å². The summed E-state index contributed by atoms with van der Waals surface area (Å²) in [4.78, 5) is 26.9. The molecular formula is C19H26N6O3S. The zero-order valence-corrected chi connectivity index (χ0v) is 17.4. The average molecular weight is 419 g/mol. The number of rotatable bonds is 7. The van der Waals surface area contributed by atoms with Gasteiger partial charge in [-0.1, -0.05) is 42.1 Å². The zero-order valence-electron chi connectivity index (χ0n) is 16.6. The predicted molar refractivity (Wildman–Crippen MR) is 111 cm³/mol. The van der Waals surface area contributed by atoms with E-state index < -0.39 is 17.2 Å². The standard InChI is InChI=1S/C19H26N6O3S/c1-3-20-17(27)21-16(26)15(14-8-6-5-7-9-14)29-19-23-22-18(25(19)4-2)24-10-12-28-13-11-24/h5-9,15H,3-4,10-13H2,1-2H3,(H2,20,21,26,27)/t15-/m1/s1. The fourth-order valence-electron chi connectivity index (χ4n) is 3.03. The summed E-state index contributed by atoms with van der Waals surface area (Å²) in [5.41, 5.74) is 0.790. The smallest absolute Gasteiger partial charge is 0.321 e. The van der Waals surface area contributed by atoms with E-state index in [-0.39, 0.29) is 0 Å². The Morgan fingerprint density at radius 2 is 1.90 bits per heavy atom. The Morgan fingerprint density at radius 1 is 1.17 bits per heavy atom. The molecule has 1 atom stereocenters. The van der Waals surface area contributed by atoms with Gasteiger partial charge in [0, 0.05) is 26.2 Å². The van der Waals surface area contributed by atoms with Gasteiger partial charge in [-0.05, 0) is 19.4 Å². The first-order chi connectivity index (χ1) is 14.1. The van der Waals surface area contributed by atoms with Gasteiger partial charge in [-0.3, -0.25) is 14.7 Å². The number of nitrogens with zero attached hydrogens (tertiary/aromatic N) is 4. The summed E-state index contributed by atoms with van der Waals surface area (Å²) in [6.45, 7) is 7.73. The Kier molecular flexibility index (Phi) is 7.48. The molecule has 1 aromatic heterocycles. The molecule has 1 saturated heterocycles. The van der Waals surface area contributed by atoms with Gasteiger partial charge in [0.1, 0.15) is 5.25 Å². The van der Waals surface area contributed by atoms with Gasteiger partial charge < -0.3 is 15.0 Å². The highest BCUT2D eigenvalue weighted by Crippen LogP contribution is 2.36. The molecule has 1 aliphatic rings. The highest BCUT2D eigenvalue weighted by atomic mass is 32.2. The Balaban J connectivity index is 1.85. The van der Waals surface area contributed by atoms with Gasteiger partial charge >= 0.3 is 6.03 Å². The third-order valence-corrected chi connectivity index (χ3v) is 5.68. The number of imide groups is 1. The molecule has 0 saturated carbocycles. The molecular weight excluding hydrogens is 392 g/mol. The summed E-state index contributed by atoms with van der Waals surface area (Å²) in [7, 11) is 0. The van der Waals surface area contributed by atoms with Crippen LogP contribution >= 0.6 is 11.8 Å². The number of amides is 3. The van der Waals surface area contributed by atoms with Crippen LogP contribution in [-0.4, -0.2) is 59.6 Å². The first-order valence-electron chi connectivity index (χ1n) is 9.70. The van der Waals surface area contributed by atoms with Crippen LogP contribution in [0.4, 0.5) is 10.7 Å². The van der Waals surface area contributed by atoms with Crippen LogP contribution in [0.3, 0.4) is 0 Å². The maximum absolute atomic E-state index is 12.9. The van der Waals surface area contributed by atoms with Crippen molar-refractivity contribution in [3.05, 3.63) is 35.9 Å². The second kappa shape index (κ2) is 10.3. The minimum Gasteiger partial charge on any atom is -0.378 e. The number of ether oxygens (including phenoxy) is 1. The Hall–Kier alpha value is -2.59. The third-order valence-electron chi connectivity index (χ3n) is 4.45. The average Bonchev–Trinajstić information content (AvgIpc) is 3.16. The van der Waals surface area contributed by atoms with E-state index in [1.54, 1.807) is 6.92 Å². The molecule has 0 spiro atoms. The van der Waals surface area contributed by atoms with Crippen LogP contribution in [0.2, 0.25) is 0 Å². The van der Waals surface area contributed by atoms with Gasteiger partial charge in [-0.2, -0.15) is 0 Å². The molecule has 3 amide bonds. The van der Waals surface area contributed by atoms with Crippen LogP contribution in [0.1, 0.15) is 24.7 Å². The number of benzene rings is 1. The largest absolute Gasteiger partial charge is 0.378 e. The van der Waals surface area contributed by atoms with E-state index in [0.717, 1.165) is 24.6 Å². The van der Waals surface area contributed by atoms with Gasteiger partial charge in [0.15, 0.2) is 5.16 Å². The van der Waals surface area contributed by atoms with Crippen LogP contribution < -0.4 is 15.5 Å². The number of hydrogen-bond acceptors (Lipinski definition) is 7. The van der Waals surface area contributed by atoms with Crippen LogP contribution in [0.5, 0.6) is 0 Å². The van der Waals surface area contributed by atoms with Crippen molar-refractivity contribution < 1.29 is 14.3 Å². The minimum absolute atomic E-state index is 0.397. The molecule has 156 valence electrons. The Labute approximate surface area is 174 Å². The molecule has 0 radical (unpaired) electrons. The minimum atomic E-state index is -0.633. The summed E-state index contributed by atoms with van der Waals surface area (Å²) in [6, 6.07) is 8.84. The summed E-state index contributed by atoms with van der Waals surface area (Å²) in [5.74, 6) is 0.375. The summed E-state index contributed by atoms with van der Waals surface area (Å²) >= 11 is 1.29. The molecule has 9 nitrogen and oxygen atoms in total. The summed E-state index contributed by atoms with van der Waals surface area (Å²) in [6.07, 6.45) is 0. The van der Waals surface area contributed by atoms with Crippen molar-refractivity contribution in [2.45, 2.75) is 30.8 Å². The molecule has 1 aromatic carbocycles. The van der Waals surface area contributed by atoms with E-state index in [2.05, 4.69) is 25.7 Å². The van der Waals surface area contributed by atoms with Gasteiger partial charge in [0.25, 0.3) is 0 Å². The lowest BCUT2D eigenvalue weighted by Gasteiger charge is -2.27. The first kappa shape index (κ1) is 21.1. The highest BCUT2D eigenvalue weighted by Gasteiger charge is 2.28. The lowest BCUT2D eigenvalue weighted by molar-refractivity contribution is -0.119. The van der Waals surface area contributed by atoms with Crippen LogP contribution in [0.25, 0.3) is 0 Å². The molecule has 0 aliphatic carbocycles. The molecule has 0 bridgehead atoms. The zero-order chi connectivity index (χ0) is 20.6. The SMILES string of the molecule is CCNC(=O)NC(=O)[C@H](Sc1nnc(N2CCOCC2)n1CC)c1ccccc1. The van der Waals surface area contributed by atoms with Crippen molar-refractivity contribution in [3.63, 3.8) is 0 Å². The molecule has 1 fully saturated rings. The normalized spacial score (nSPS) is 15.0. The molecule has 0 unspecified atom stereocenters. The van der Waals surface area contributed by atoms with Crippen molar-refractivity contribution in [3.8, 4) is 0 Å². The second-order valence-corrected chi connectivity index (χ2v) is 7.46. The molecule has 10 heteroatoms. The molecule has 2 N–H and O–H groups in total.